The minimum Gasteiger partial charge on any atom is -0.147 e. The van der Waals surface area contributed by atoms with E-state index in [0.717, 1.165) is 6.42 Å². The third-order valence-electron chi connectivity index (χ3n) is 16.3. The van der Waals surface area contributed by atoms with Crippen LogP contribution in [0.1, 0.15) is 72.9 Å². The molecule has 260 valence electrons. The predicted octanol–water partition coefficient (Wildman–Crippen LogP) is 12.8. The van der Waals surface area contributed by atoms with Gasteiger partial charge in [0.05, 0.1) is 0 Å². The van der Waals surface area contributed by atoms with Crippen molar-refractivity contribution in [2.75, 3.05) is 0 Å². The number of hydrogen-bond acceptors (Lipinski definition) is 0. The number of allylic oxidation sites excluding steroid dienone is 16. The van der Waals surface area contributed by atoms with Gasteiger partial charge in [-0.05, 0) is 0 Å². The van der Waals surface area contributed by atoms with Gasteiger partial charge in [0.1, 0.15) is 0 Å². The molecule has 2 aromatic rings. The maximum atomic E-state index is 2.80. The number of benzene rings is 2. The van der Waals surface area contributed by atoms with E-state index < -0.39 is 21.3 Å². The quantitative estimate of drug-likeness (QED) is 0.290. The second-order valence-electron chi connectivity index (χ2n) is 16.9. The van der Waals surface area contributed by atoms with Crippen molar-refractivity contribution in [3.8, 4) is 0 Å². The zero-order valence-corrected chi connectivity index (χ0v) is 35.1. The third kappa shape index (κ3) is 4.07. The van der Waals surface area contributed by atoms with E-state index in [0.29, 0.717) is 9.54 Å². The molecule has 9 atom stereocenters. The zero-order chi connectivity index (χ0) is 33.8. The van der Waals surface area contributed by atoms with Crippen molar-refractivity contribution in [3.05, 3.63) is 166 Å². The Bertz CT molecular complexity index is 1930. The first-order chi connectivity index (χ1) is 22.9. The Morgan fingerprint density at radius 1 is 0.600 bits per heavy atom. The molecule has 0 N–H and O–H groups in total. The minimum absolute atomic E-state index is 0. The Hall–Kier alpha value is -2.31. The van der Waals surface area contributed by atoms with Gasteiger partial charge in [-0.15, -0.1) is 24.8 Å². The Morgan fingerprint density at radius 3 is 1.62 bits per heavy atom. The van der Waals surface area contributed by atoms with Gasteiger partial charge in [-0.1, -0.05) is 0 Å². The summed E-state index contributed by atoms with van der Waals surface area (Å²) in [6.07, 6.45) is 36.1. The molecule has 0 saturated heterocycles. The molecule has 2 fully saturated rings. The van der Waals surface area contributed by atoms with Crippen molar-refractivity contribution in [1.82, 2.24) is 0 Å². The van der Waals surface area contributed by atoms with Crippen LogP contribution in [0.15, 0.2) is 155 Å². The molecule has 0 amide bonds. The summed E-state index contributed by atoms with van der Waals surface area (Å²) in [5, 5.41) is 0. The van der Waals surface area contributed by atoms with Gasteiger partial charge in [0.2, 0.25) is 0 Å². The largest absolute Gasteiger partial charge is 0.147 e. The second kappa shape index (κ2) is 12.4. The van der Waals surface area contributed by atoms with Crippen LogP contribution in [-0.2, 0) is 21.3 Å². The van der Waals surface area contributed by atoms with Crippen LogP contribution in [0.2, 0.25) is 3.63 Å². The van der Waals surface area contributed by atoms with Crippen molar-refractivity contribution in [1.29, 1.82) is 0 Å². The number of halogens is 2. The minimum atomic E-state index is -2.90. The van der Waals surface area contributed by atoms with E-state index in [1.165, 1.54) is 11.1 Å². The normalized spacial score (nSPS) is 41.1. The maximum absolute atomic E-state index is 2.90. The third-order valence-corrected chi connectivity index (χ3v) is 25.5. The van der Waals surface area contributed by atoms with Crippen LogP contribution in [0.4, 0.5) is 0 Å². The molecule has 6 aliphatic carbocycles. The number of fused-ring (bicyclic) bond motifs is 8. The second-order valence-corrected chi connectivity index (χ2v) is 23.2. The molecule has 0 nitrogen and oxygen atoms in total. The Kier molecular flexibility index (Phi) is 9.28. The van der Waals surface area contributed by atoms with Crippen LogP contribution < -0.4 is 0 Å². The van der Waals surface area contributed by atoms with Crippen LogP contribution in [0.25, 0.3) is 0 Å². The topological polar surface area (TPSA) is 0 Å². The average molecular weight is 781 g/mol. The van der Waals surface area contributed by atoms with Crippen LogP contribution in [-0.4, -0.2) is 3.21 Å². The van der Waals surface area contributed by atoms with Crippen molar-refractivity contribution in [2.45, 2.75) is 65.4 Å². The van der Waals surface area contributed by atoms with Gasteiger partial charge in [0.15, 0.2) is 0 Å². The Morgan fingerprint density at radius 2 is 1.10 bits per heavy atom. The predicted molar refractivity (Wildman–Crippen MR) is 216 cm³/mol. The molecule has 0 heterocycles. The molecule has 2 saturated carbocycles. The van der Waals surface area contributed by atoms with Gasteiger partial charge in [-0.2, -0.15) is 0 Å². The van der Waals surface area contributed by atoms with Gasteiger partial charge >= 0.3 is 299 Å². The SMILES string of the molecule is CC1=CC=CC2[CH]([Zr]([C]3=CC=CC3)=[C](c3ccccc3)c3ccccc3)C3(C)C4(C)C=CC=CC4(C)C4(C)C=CC=CC4(C)C3(C)C12C.Cl.Cl. The molecule has 6 aliphatic rings. The summed E-state index contributed by atoms with van der Waals surface area (Å²) in [7, 11) is 0. The summed E-state index contributed by atoms with van der Waals surface area (Å²) in [6.45, 7) is 21.3. The van der Waals surface area contributed by atoms with Crippen molar-refractivity contribution in [3.63, 3.8) is 0 Å². The number of rotatable bonds is 4. The van der Waals surface area contributed by atoms with Crippen LogP contribution in [0.5, 0.6) is 0 Å². The summed E-state index contributed by atoms with van der Waals surface area (Å²) < 4.78 is 3.93. The average Bonchev–Trinajstić information content (AvgIpc) is 3.68. The Balaban J connectivity index is 0.00000216. The van der Waals surface area contributed by atoms with Gasteiger partial charge < -0.3 is 0 Å². The summed E-state index contributed by atoms with van der Waals surface area (Å²) in [4.78, 5) is 0. The molecule has 0 aromatic heterocycles. The first-order valence-electron chi connectivity index (χ1n) is 18.2. The van der Waals surface area contributed by atoms with Crippen molar-refractivity contribution >= 4 is 28.0 Å². The fourth-order valence-corrected chi connectivity index (χ4v) is 24.3. The standard InChI is InChI=1S/C29H37.C13H10.C5H5.2ClH.Zr/c1-21-14-13-15-22-20-27(6)25(4)18-10-9-16-23(25,2)24(3)17-11-12-19-26(24,5)29(27,8)28(21,22)7;1-3-7-12(8-4-1)11-13-9-5-2-6-10-13;1-2-4-5-3-1;;;/h9-20,22H,1-8H3;1-10H;1-3H,4H2;2*1H;. The van der Waals surface area contributed by atoms with Gasteiger partial charge in [-0.25, -0.2) is 0 Å². The van der Waals surface area contributed by atoms with Crippen LogP contribution in [0.3, 0.4) is 0 Å². The molecule has 0 bridgehead atoms. The maximum Gasteiger partial charge on any atom is -0.147 e. The molecular weight excluding hydrogens is 727 g/mol. The van der Waals surface area contributed by atoms with Crippen molar-refractivity contribution < 1.29 is 21.3 Å². The van der Waals surface area contributed by atoms with Crippen molar-refractivity contribution in [2.24, 2.45) is 43.8 Å². The molecule has 2 aromatic carbocycles. The van der Waals surface area contributed by atoms with E-state index >= 15 is 0 Å². The number of hydrogen-bond donors (Lipinski definition) is 0. The molecule has 50 heavy (non-hydrogen) atoms. The Labute approximate surface area is 322 Å². The summed E-state index contributed by atoms with van der Waals surface area (Å²) in [5.41, 5.74) is 3.83. The van der Waals surface area contributed by atoms with Gasteiger partial charge in [0, 0.05) is 0 Å². The first-order valence-corrected chi connectivity index (χ1v) is 22.1. The molecule has 0 spiro atoms. The summed E-state index contributed by atoms with van der Waals surface area (Å²) in [5.74, 6) is 0.426. The molecule has 3 heteroatoms. The molecular formula is C47H54Cl2Zr. The zero-order valence-electron chi connectivity index (χ0n) is 31.0. The summed E-state index contributed by atoms with van der Waals surface area (Å²) >= 11 is -2.90. The fourth-order valence-electron chi connectivity index (χ4n) is 13.1. The van der Waals surface area contributed by atoms with E-state index in [-0.39, 0.29) is 62.7 Å². The van der Waals surface area contributed by atoms with E-state index in [1.54, 1.807) is 12.1 Å². The first kappa shape index (κ1) is 37.5. The van der Waals surface area contributed by atoms with E-state index in [1.807, 2.05) is 0 Å². The molecule has 9 unspecified atom stereocenters. The monoisotopic (exact) mass is 778 g/mol. The molecule has 0 radical (unpaired) electrons. The van der Waals surface area contributed by atoms with Crippen LogP contribution >= 0.6 is 24.8 Å². The molecule has 0 aliphatic heterocycles. The van der Waals surface area contributed by atoms with E-state index in [2.05, 4.69) is 201 Å². The van der Waals surface area contributed by atoms with Gasteiger partial charge in [-0.3, -0.25) is 0 Å². The van der Waals surface area contributed by atoms with E-state index in [4.69, 9.17) is 0 Å². The summed E-state index contributed by atoms with van der Waals surface area (Å²) in [6, 6.07) is 23.1. The van der Waals surface area contributed by atoms with Gasteiger partial charge in [0.25, 0.3) is 0 Å². The fraction of sp³-hybridized carbons (Fsp3) is 0.383. The van der Waals surface area contributed by atoms with Crippen LogP contribution in [0, 0.1) is 43.8 Å². The molecule has 8 rings (SSSR count). The smallest absolute Gasteiger partial charge is 0.147 e. The van der Waals surface area contributed by atoms with E-state index in [9.17, 15) is 0 Å².